The zero-order chi connectivity index (χ0) is 7.40. The summed E-state index contributed by atoms with van der Waals surface area (Å²) in [6.07, 6.45) is -2.74. The Labute approximate surface area is 52.8 Å². The summed E-state index contributed by atoms with van der Waals surface area (Å²) in [5.41, 5.74) is 0. The maximum Gasteiger partial charge on any atom is 0.578 e. The molecule has 0 bridgehead atoms. The smallest absolute Gasteiger partial charge is 0.217 e. The fraction of sp³-hybridized carbons (Fsp3) is 0. The van der Waals surface area contributed by atoms with Crippen molar-refractivity contribution in [2.75, 3.05) is 0 Å². The van der Waals surface area contributed by atoms with Gasteiger partial charge in [0.25, 0.3) is 0 Å². The molecule has 0 spiro atoms. The van der Waals surface area contributed by atoms with Crippen molar-refractivity contribution < 1.29 is 39.2 Å². The van der Waals surface area contributed by atoms with E-state index in [0.29, 0.717) is 0 Å². The minimum absolute atomic E-state index is 1.37. The molecule has 0 aliphatic carbocycles. The van der Waals surface area contributed by atoms with Crippen molar-refractivity contribution in [1.29, 1.82) is 0 Å². The molecule has 8 heteroatoms. The van der Waals surface area contributed by atoms with Gasteiger partial charge in [-0.05, 0) is 0 Å². The van der Waals surface area contributed by atoms with Crippen LogP contribution in [0.2, 0.25) is 0 Å². The van der Waals surface area contributed by atoms with E-state index in [4.69, 9.17) is 0 Å². The van der Waals surface area contributed by atoms with Gasteiger partial charge in [0.2, 0.25) is 0 Å². The van der Waals surface area contributed by atoms with Crippen LogP contribution >= 0.6 is 0 Å². The van der Waals surface area contributed by atoms with Crippen LogP contribution in [0.15, 0.2) is 0 Å². The minimum atomic E-state index is -1.37. The van der Waals surface area contributed by atoms with Crippen molar-refractivity contribution in [2.24, 2.45) is 0 Å². The van der Waals surface area contributed by atoms with E-state index in [1.807, 2.05) is 0 Å². The van der Waals surface area contributed by atoms with Crippen LogP contribution in [0.5, 0.6) is 0 Å². The average molecular weight is 152 g/mol. The standard InChI is InChI=1S/C2O8/c3-1-5-9-7-2(4)8-10-6-1. The van der Waals surface area contributed by atoms with Crippen LogP contribution in [-0.4, -0.2) is 12.3 Å². The zero-order valence-corrected chi connectivity index (χ0v) is 4.27. The molecule has 1 heterocycles. The van der Waals surface area contributed by atoms with Gasteiger partial charge in [-0.15, -0.1) is 0 Å². The van der Waals surface area contributed by atoms with Crippen molar-refractivity contribution in [3.63, 3.8) is 0 Å². The molecule has 56 valence electrons. The van der Waals surface area contributed by atoms with Crippen LogP contribution < -0.4 is 0 Å². The lowest BCUT2D eigenvalue weighted by Gasteiger charge is -2.03. The first-order valence-electron chi connectivity index (χ1n) is 1.89. The van der Waals surface area contributed by atoms with Gasteiger partial charge in [0.05, 0.1) is 10.1 Å². The highest BCUT2D eigenvalue weighted by molar-refractivity contribution is 5.60. The molecule has 0 aromatic carbocycles. The van der Waals surface area contributed by atoms with Gasteiger partial charge in [0, 0.05) is 0 Å². The molecule has 0 amide bonds. The van der Waals surface area contributed by atoms with E-state index in [1.54, 1.807) is 0 Å². The summed E-state index contributed by atoms with van der Waals surface area (Å²) in [6.45, 7) is 0. The topological polar surface area (TPSA) is 89.5 Å². The molecule has 0 N–H and O–H groups in total. The highest BCUT2D eigenvalue weighted by Crippen LogP contribution is 1.97. The molecule has 0 aromatic heterocycles. The lowest BCUT2D eigenvalue weighted by molar-refractivity contribution is -0.542. The van der Waals surface area contributed by atoms with Gasteiger partial charge < -0.3 is 0 Å². The quantitative estimate of drug-likeness (QED) is 0.448. The third-order valence-corrected chi connectivity index (χ3v) is 0.408. The van der Waals surface area contributed by atoms with Gasteiger partial charge in [0.15, 0.2) is 0 Å². The Bertz CT molecular complexity index is 119. The molecule has 10 heavy (non-hydrogen) atoms. The molecule has 0 atom stereocenters. The third-order valence-electron chi connectivity index (χ3n) is 0.408. The summed E-state index contributed by atoms with van der Waals surface area (Å²) >= 11 is 0. The largest absolute Gasteiger partial charge is 0.578 e. The molecule has 0 radical (unpaired) electrons. The van der Waals surface area contributed by atoms with Gasteiger partial charge in [0.1, 0.15) is 0 Å². The predicted octanol–water partition coefficient (Wildman–Crippen LogP) is -0.000400. The van der Waals surface area contributed by atoms with Crippen LogP contribution in [0, 0.1) is 0 Å². The minimum Gasteiger partial charge on any atom is -0.217 e. The van der Waals surface area contributed by atoms with Crippen LogP contribution in [0.4, 0.5) is 9.59 Å². The van der Waals surface area contributed by atoms with Gasteiger partial charge >= 0.3 is 12.3 Å². The van der Waals surface area contributed by atoms with Gasteiger partial charge in [-0.3, -0.25) is 0 Å². The van der Waals surface area contributed by atoms with Crippen molar-refractivity contribution in [1.82, 2.24) is 0 Å². The molecule has 8 nitrogen and oxygen atoms in total. The number of carbonyl (C=O) groups excluding carboxylic acids is 2. The summed E-state index contributed by atoms with van der Waals surface area (Å²) < 4.78 is 0. The van der Waals surface area contributed by atoms with Gasteiger partial charge in [-0.25, -0.2) is 19.6 Å². The second-order valence-corrected chi connectivity index (χ2v) is 0.969. The summed E-state index contributed by atoms with van der Waals surface area (Å²) in [6, 6.07) is 0. The molecular weight excluding hydrogens is 152 g/mol. The van der Waals surface area contributed by atoms with E-state index < -0.39 is 12.3 Å². The summed E-state index contributed by atoms with van der Waals surface area (Å²) in [4.78, 5) is 34.1. The Morgan fingerprint density at radius 1 is 0.700 bits per heavy atom. The fourth-order valence-corrected chi connectivity index (χ4v) is 0.173. The van der Waals surface area contributed by atoms with Crippen LogP contribution in [0.1, 0.15) is 0 Å². The lowest BCUT2D eigenvalue weighted by atomic mass is 11.4. The number of rotatable bonds is 0. The van der Waals surface area contributed by atoms with Crippen LogP contribution in [0.25, 0.3) is 0 Å². The summed E-state index contributed by atoms with van der Waals surface area (Å²) in [7, 11) is 0. The fourth-order valence-electron chi connectivity index (χ4n) is 0.173. The molecule has 1 saturated heterocycles. The SMILES string of the molecule is O=C1OOOC(=O)OOO1. The Hall–Kier alpha value is -1.54. The molecule has 0 saturated carbocycles. The zero-order valence-electron chi connectivity index (χ0n) is 4.27. The first kappa shape index (κ1) is 6.58. The Morgan fingerprint density at radius 3 is 1.30 bits per heavy atom. The molecule has 1 fully saturated rings. The summed E-state index contributed by atoms with van der Waals surface area (Å²) in [5, 5.41) is 6.94. The normalized spacial score (nSPS) is 18.8. The van der Waals surface area contributed by atoms with Crippen molar-refractivity contribution >= 4 is 12.3 Å². The highest BCUT2D eigenvalue weighted by atomic mass is 17.6. The predicted molar refractivity (Wildman–Crippen MR) is 17.3 cm³/mol. The molecule has 0 unspecified atom stereocenters. The highest BCUT2D eigenvalue weighted by Gasteiger charge is 2.18. The molecule has 1 rings (SSSR count). The molecule has 1 aliphatic rings. The first-order chi connectivity index (χ1) is 4.79. The van der Waals surface area contributed by atoms with Crippen LogP contribution in [0.3, 0.4) is 0 Å². The maximum absolute atomic E-state index is 9.98. The van der Waals surface area contributed by atoms with E-state index in [2.05, 4.69) is 29.6 Å². The van der Waals surface area contributed by atoms with E-state index in [9.17, 15) is 9.59 Å². The number of hydrogen-bond acceptors (Lipinski definition) is 8. The van der Waals surface area contributed by atoms with Crippen molar-refractivity contribution in [3.05, 3.63) is 0 Å². The van der Waals surface area contributed by atoms with E-state index in [1.165, 1.54) is 0 Å². The lowest BCUT2D eigenvalue weighted by Crippen LogP contribution is -2.18. The average Bonchev–Trinajstić information content (AvgIpc) is 1.84. The van der Waals surface area contributed by atoms with E-state index in [-0.39, 0.29) is 0 Å². The monoisotopic (exact) mass is 152 g/mol. The van der Waals surface area contributed by atoms with Crippen molar-refractivity contribution in [3.8, 4) is 0 Å². The van der Waals surface area contributed by atoms with Crippen LogP contribution in [-0.2, 0) is 29.6 Å². The Balaban J connectivity index is 2.34. The van der Waals surface area contributed by atoms with E-state index in [0.717, 1.165) is 0 Å². The summed E-state index contributed by atoms with van der Waals surface area (Å²) in [5.74, 6) is 0. The van der Waals surface area contributed by atoms with Crippen molar-refractivity contribution in [2.45, 2.75) is 0 Å². The second-order valence-electron chi connectivity index (χ2n) is 0.969. The van der Waals surface area contributed by atoms with E-state index >= 15 is 0 Å². The molecule has 1 aliphatic heterocycles. The van der Waals surface area contributed by atoms with Gasteiger partial charge in [-0.1, -0.05) is 0 Å². The third kappa shape index (κ3) is 1.76. The Morgan fingerprint density at radius 2 is 1.00 bits per heavy atom. The number of carbonyl (C=O) groups is 2. The number of hydrogen-bond donors (Lipinski definition) is 0. The maximum atomic E-state index is 9.98. The molecular formula is C2O8. The molecule has 0 aromatic rings. The van der Waals surface area contributed by atoms with Gasteiger partial charge in [-0.2, -0.15) is 9.59 Å². The first-order valence-corrected chi connectivity index (χ1v) is 1.89. The Kier molecular flexibility index (Phi) is 1.87. The second kappa shape index (κ2) is 2.85.